The first kappa shape index (κ1) is 21.4. The van der Waals surface area contributed by atoms with Gasteiger partial charge in [0.25, 0.3) is 5.69 Å². The van der Waals surface area contributed by atoms with Crippen LogP contribution in [0, 0.1) is 10.1 Å². The fourth-order valence-corrected chi connectivity index (χ4v) is 5.75. The Bertz CT molecular complexity index is 940. The zero-order chi connectivity index (χ0) is 21.9. The SMILES string of the molecule is O=[N+]([O-])c1ccc([C@@H]2CN3CCC[C@H]3c3cc(OCCCN4CCCCC4)ccc32)cc1. The van der Waals surface area contributed by atoms with Gasteiger partial charge in [0.05, 0.1) is 11.5 Å². The lowest BCUT2D eigenvalue weighted by Gasteiger charge is -2.37. The quantitative estimate of drug-likeness (QED) is 0.343. The van der Waals surface area contributed by atoms with Crippen LogP contribution in [0.3, 0.4) is 0 Å². The van der Waals surface area contributed by atoms with E-state index in [0.29, 0.717) is 6.04 Å². The second kappa shape index (κ2) is 9.59. The molecule has 0 unspecified atom stereocenters. The molecule has 0 bridgehead atoms. The number of fused-ring (bicyclic) bond motifs is 3. The Morgan fingerprint density at radius 3 is 2.56 bits per heavy atom. The summed E-state index contributed by atoms with van der Waals surface area (Å²) >= 11 is 0. The zero-order valence-corrected chi connectivity index (χ0v) is 18.7. The molecule has 0 aliphatic carbocycles. The van der Waals surface area contributed by atoms with Crippen LogP contribution < -0.4 is 4.74 Å². The van der Waals surface area contributed by atoms with Crippen molar-refractivity contribution in [2.75, 3.05) is 39.3 Å². The number of hydrogen-bond acceptors (Lipinski definition) is 5. The molecule has 0 spiro atoms. The highest BCUT2D eigenvalue weighted by Gasteiger charge is 2.36. The van der Waals surface area contributed by atoms with Gasteiger partial charge in [-0.15, -0.1) is 0 Å². The Balaban J connectivity index is 1.30. The van der Waals surface area contributed by atoms with Gasteiger partial charge in [0.1, 0.15) is 5.75 Å². The van der Waals surface area contributed by atoms with Crippen molar-refractivity contribution in [3.8, 4) is 5.75 Å². The molecule has 0 amide bonds. The van der Waals surface area contributed by atoms with Crippen LogP contribution in [0.2, 0.25) is 0 Å². The molecule has 5 rings (SSSR count). The average molecular weight is 436 g/mol. The molecule has 2 fully saturated rings. The molecule has 6 nitrogen and oxygen atoms in total. The highest BCUT2D eigenvalue weighted by molar-refractivity contribution is 5.47. The van der Waals surface area contributed by atoms with Crippen LogP contribution in [0.4, 0.5) is 5.69 Å². The summed E-state index contributed by atoms with van der Waals surface area (Å²) in [5.74, 6) is 1.21. The van der Waals surface area contributed by atoms with Crippen LogP contribution >= 0.6 is 0 Å². The number of ether oxygens (including phenoxy) is 1. The summed E-state index contributed by atoms with van der Waals surface area (Å²) in [6, 6.07) is 14.2. The summed E-state index contributed by atoms with van der Waals surface area (Å²) < 4.78 is 6.17. The highest BCUT2D eigenvalue weighted by atomic mass is 16.6. The third-order valence-electron chi connectivity index (χ3n) is 7.42. The number of rotatable bonds is 7. The predicted molar refractivity (Wildman–Crippen MR) is 125 cm³/mol. The van der Waals surface area contributed by atoms with Gasteiger partial charge in [-0.25, -0.2) is 0 Å². The van der Waals surface area contributed by atoms with Crippen molar-refractivity contribution >= 4 is 5.69 Å². The Labute approximate surface area is 190 Å². The zero-order valence-electron chi connectivity index (χ0n) is 18.7. The van der Waals surface area contributed by atoms with E-state index in [9.17, 15) is 10.1 Å². The first-order chi connectivity index (χ1) is 15.7. The van der Waals surface area contributed by atoms with Crippen LogP contribution in [0.1, 0.15) is 67.2 Å². The number of hydrogen-bond donors (Lipinski definition) is 0. The molecule has 3 aliphatic rings. The van der Waals surface area contributed by atoms with E-state index < -0.39 is 0 Å². The van der Waals surface area contributed by atoms with Gasteiger partial charge in [0, 0.05) is 37.2 Å². The molecule has 0 saturated carbocycles. The van der Waals surface area contributed by atoms with E-state index in [4.69, 9.17) is 4.74 Å². The van der Waals surface area contributed by atoms with Gasteiger partial charge in [0.15, 0.2) is 0 Å². The van der Waals surface area contributed by atoms with Crippen molar-refractivity contribution in [1.29, 1.82) is 0 Å². The molecule has 2 atom stereocenters. The average Bonchev–Trinajstić information content (AvgIpc) is 3.31. The summed E-state index contributed by atoms with van der Waals surface area (Å²) in [6.45, 7) is 6.46. The van der Waals surface area contributed by atoms with E-state index in [1.807, 2.05) is 12.1 Å². The largest absolute Gasteiger partial charge is 0.494 e. The monoisotopic (exact) mass is 435 g/mol. The third-order valence-corrected chi connectivity index (χ3v) is 7.42. The van der Waals surface area contributed by atoms with Gasteiger partial charge in [0.2, 0.25) is 0 Å². The molecule has 6 heteroatoms. The Morgan fingerprint density at radius 1 is 0.969 bits per heavy atom. The number of nitro groups is 1. The normalized spacial score (nSPS) is 23.5. The summed E-state index contributed by atoms with van der Waals surface area (Å²) in [6.07, 6.45) is 7.52. The lowest BCUT2D eigenvalue weighted by Crippen LogP contribution is -2.34. The highest BCUT2D eigenvalue weighted by Crippen LogP contribution is 2.45. The smallest absolute Gasteiger partial charge is 0.269 e. The minimum absolute atomic E-state index is 0.150. The van der Waals surface area contributed by atoms with Gasteiger partial charge in [-0.1, -0.05) is 24.6 Å². The number of likely N-dealkylation sites (tertiary alicyclic amines) is 1. The number of nitrogens with zero attached hydrogens (tertiary/aromatic N) is 3. The summed E-state index contributed by atoms with van der Waals surface area (Å²) in [5, 5.41) is 11.1. The number of nitro benzene ring substituents is 1. The van der Waals surface area contributed by atoms with Gasteiger partial charge in [-0.05, 0) is 80.6 Å². The lowest BCUT2D eigenvalue weighted by atomic mass is 9.81. The summed E-state index contributed by atoms with van der Waals surface area (Å²) in [4.78, 5) is 15.9. The second-order valence-electron chi connectivity index (χ2n) is 9.45. The molecule has 0 N–H and O–H groups in total. The van der Waals surface area contributed by atoms with Crippen LogP contribution in [0.5, 0.6) is 5.75 Å². The molecule has 0 radical (unpaired) electrons. The molecule has 3 aliphatic heterocycles. The van der Waals surface area contributed by atoms with Gasteiger partial charge in [-0.2, -0.15) is 0 Å². The van der Waals surface area contributed by atoms with E-state index in [-0.39, 0.29) is 16.5 Å². The summed E-state index contributed by atoms with van der Waals surface area (Å²) in [7, 11) is 0. The van der Waals surface area contributed by atoms with Crippen molar-refractivity contribution in [2.45, 2.75) is 50.5 Å². The summed E-state index contributed by atoms with van der Waals surface area (Å²) in [5.41, 5.74) is 4.03. The van der Waals surface area contributed by atoms with Crippen molar-refractivity contribution in [3.63, 3.8) is 0 Å². The van der Waals surface area contributed by atoms with E-state index in [1.165, 1.54) is 56.3 Å². The fourth-order valence-electron chi connectivity index (χ4n) is 5.75. The van der Waals surface area contributed by atoms with Gasteiger partial charge in [-0.3, -0.25) is 15.0 Å². The van der Waals surface area contributed by atoms with Gasteiger partial charge >= 0.3 is 0 Å². The maximum Gasteiger partial charge on any atom is 0.269 e. The van der Waals surface area contributed by atoms with Crippen LogP contribution in [-0.4, -0.2) is 54.1 Å². The maximum atomic E-state index is 11.1. The van der Waals surface area contributed by atoms with Crippen molar-refractivity contribution in [1.82, 2.24) is 9.80 Å². The minimum Gasteiger partial charge on any atom is -0.494 e. The first-order valence-electron chi connectivity index (χ1n) is 12.2. The van der Waals surface area contributed by atoms with E-state index in [0.717, 1.165) is 44.0 Å². The van der Waals surface area contributed by atoms with Gasteiger partial charge < -0.3 is 9.64 Å². The molecule has 2 aromatic carbocycles. The molecular formula is C26H33N3O3. The van der Waals surface area contributed by atoms with Crippen molar-refractivity contribution < 1.29 is 9.66 Å². The molecule has 2 aromatic rings. The molecular weight excluding hydrogens is 402 g/mol. The molecule has 32 heavy (non-hydrogen) atoms. The maximum absolute atomic E-state index is 11.1. The predicted octanol–water partition coefficient (Wildman–Crippen LogP) is 5.13. The lowest BCUT2D eigenvalue weighted by molar-refractivity contribution is -0.384. The number of non-ortho nitro benzene ring substituents is 1. The number of benzene rings is 2. The molecule has 0 aromatic heterocycles. The van der Waals surface area contributed by atoms with E-state index in [2.05, 4.69) is 28.0 Å². The van der Waals surface area contributed by atoms with E-state index >= 15 is 0 Å². The Morgan fingerprint density at radius 2 is 1.78 bits per heavy atom. The first-order valence-corrected chi connectivity index (χ1v) is 12.2. The molecule has 3 heterocycles. The standard InChI is InChI=1S/C26H33N3O3/c30-29(31)21-9-7-20(8-10-21)25-19-28-16-4-6-26(28)24-18-22(11-12-23(24)25)32-17-5-15-27-13-2-1-3-14-27/h7-12,18,25-26H,1-6,13-17,19H2/t25-,26-/m0/s1. The minimum atomic E-state index is -0.329. The topological polar surface area (TPSA) is 58.9 Å². The molecule has 170 valence electrons. The molecule has 2 saturated heterocycles. The number of piperidine rings is 1. The van der Waals surface area contributed by atoms with E-state index in [1.54, 1.807) is 12.1 Å². The van der Waals surface area contributed by atoms with Crippen LogP contribution in [-0.2, 0) is 0 Å². The van der Waals surface area contributed by atoms with Crippen LogP contribution in [0.25, 0.3) is 0 Å². The Hall–Kier alpha value is -2.44. The van der Waals surface area contributed by atoms with Crippen molar-refractivity contribution in [3.05, 3.63) is 69.3 Å². The third kappa shape index (κ3) is 4.52. The van der Waals surface area contributed by atoms with Crippen molar-refractivity contribution in [2.24, 2.45) is 0 Å². The Kier molecular flexibility index (Phi) is 6.42. The fraction of sp³-hybridized carbons (Fsp3) is 0.538. The van der Waals surface area contributed by atoms with Crippen LogP contribution in [0.15, 0.2) is 42.5 Å². The second-order valence-corrected chi connectivity index (χ2v) is 9.45.